The summed E-state index contributed by atoms with van der Waals surface area (Å²) in [5.74, 6) is -0.683. The summed E-state index contributed by atoms with van der Waals surface area (Å²) in [5, 5.41) is 0. The highest BCUT2D eigenvalue weighted by atomic mass is 32.2. The highest BCUT2D eigenvalue weighted by Crippen LogP contribution is 2.20. The van der Waals surface area contributed by atoms with Crippen LogP contribution in [0.3, 0.4) is 0 Å². The van der Waals surface area contributed by atoms with Gasteiger partial charge >= 0.3 is 0 Å². The summed E-state index contributed by atoms with van der Waals surface area (Å²) in [6.45, 7) is 5.67. The monoisotopic (exact) mass is 385 g/mol. The van der Waals surface area contributed by atoms with Crippen molar-refractivity contribution in [2.45, 2.75) is 30.7 Å². The molecular formula is C17H23NO5S2. The largest absolute Gasteiger partial charge is 0.335 e. The molecule has 1 aromatic carbocycles. The minimum atomic E-state index is -3.56. The van der Waals surface area contributed by atoms with Gasteiger partial charge in [-0.15, -0.1) is 6.58 Å². The number of nitrogens with zero attached hydrogens (tertiary/aromatic N) is 1. The van der Waals surface area contributed by atoms with Crippen molar-refractivity contribution in [3.05, 3.63) is 42.5 Å². The van der Waals surface area contributed by atoms with Gasteiger partial charge in [-0.1, -0.05) is 23.8 Å². The molecule has 0 N–H and O–H groups in total. The first-order valence-electron chi connectivity index (χ1n) is 8.05. The van der Waals surface area contributed by atoms with Crippen LogP contribution in [0.1, 0.15) is 18.4 Å². The lowest BCUT2D eigenvalue weighted by atomic mass is 10.2. The van der Waals surface area contributed by atoms with Gasteiger partial charge in [0.05, 0.1) is 22.2 Å². The molecule has 0 bridgehead atoms. The van der Waals surface area contributed by atoms with Gasteiger partial charge in [-0.2, -0.15) is 0 Å². The average molecular weight is 386 g/mol. The third kappa shape index (κ3) is 5.15. The standard InChI is InChI=1S/C17H23NO5S2/c1-3-10-18(15-8-11-24(20,21)13-15)17(19)9-12-25(22,23)16-6-4-14(2)5-7-16/h3-7,15H,1,8-13H2,2H3. The summed E-state index contributed by atoms with van der Waals surface area (Å²) in [4.78, 5) is 14.1. The van der Waals surface area contributed by atoms with E-state index in [4.69, 9.17) is 0 Å². The Balaban J connectivity index is 2.05. The third-order valence-corrected chi connectivity index (χ3v) is 7.74. The van der Waals surface area contributed by atoms with Crippen LogP contribution in [0.25, 0.3) is 0 Å². The van der Waals surface area contributed by atoms with E-state index in [1.54, 1.807) is 12.1 Å². The first kappa shape index (κ1) is 19.7. The number of carbonyl (C=O) groups is 1. The van der Waals surface area contributed by atoms with Crippen LogP contribution in [-0.4, -0.2) is 57.5 Å². The number of rotatable bonds is 7. The van der Waals surface area contributed by atoms with Gasteiger partial charge in [-0.05, 0) is 25.5 Å². The molecule has 1 aromatic rings. The van der Waals surface area contributed by atoms with Gasteiger partial charge in [0.15, 0.2) is 19.7 Å². The van der Waals surface area contributed by atoms with Crippen LogP contribution in [-0.2, 0) is 24.5 Å². The van der Waals surface area contributed by atoms with E-state index in [0.29, 0.717) is 6.42 Å². The van der Waals surface area contributed by atoms with Crippen LogP contribution in [0.2, 0.25) is 0 Å². The molecule has 0 spiro atoms. The summed E-state index contributed by atoms with van der Waals surface area (Å²) in [5.41, 5.74) is 0.953. The van der Waals surface area contributed by atoms with Crippen molar-refractivity contribution in [2.24, 2.45) is 0 Å². The molecule has 0 saturated carbocycles. The predicted octanol–water partition coefficient (Wildman–Crippen LogP) is 1.36. The first-order valence-corrected chi connectivity index (χ1v) is 11.5. The number of hydrogen-bond donors (Lipinski definition) is 0. The Kier molecular flexibility index (Phi) is 6.05. The molecule has 0 radical (unpaired) electrons. The summed E-state index contributed by atoms with van der Waals surface area (Å²) < 4.78 is 48.0. The van der Waals surface area contributed by atoms with Gasteiger partial charge in [0.25, 0.3) is 0 Å². The molecule has 1 saturated heterocycles. The fourth-order valence-electron chi connectivity index (χ4n) is 2.84. The zero-order chi connectivity index (χ0) is 18.7. The maximum Gasteiger partial charge on any atom is 0.224 e. The average Bonchev–Trinajstić information content (AvgIpc) is 2.90. The van der Waals surface area contributed by atoms with E-state index < -0.39 is 25.7 Å². The van der Waals surface area contributed by atoms with Gasteiger partial charge in [0, 0.05) is 19.0 Å². The Morgan fingerprint density at radius 1 is 1.32 bits per heavy atom. The number of amides is 1. The second kappa shape index (κ2) is 7.70. The zero-order valence-electron chi connectivity index (χ0n) is 14.2. The Morgan fingerprint density at radius 2 is 1.96 bits per heavy atom. The molecule has 1 amide bonds. The van der Waals surface area contributed by atoms with Gasteiger partial charge in [0.2, 0.25) is 5.91 Å². The molecule has 2 rings (SSSR count). The fourth-order valence-corrected chi connectivity index (χ4v) is 5.80. The van der Waals surface area contributed by atoms with Crippen LogP contribution < -0.4 is 0 Å². The molecular weight excluding hydrogens is 362 g/mol. The van der Waals surface area contributed by atoms with Gasteiger partial charge < -0.3 is 4.90 Å². The van der Waals surface area contributed by atoms with Crippen LogP contribution in [0, 0.1) is 6.92 Å². The maximum absolute atomic E-state index is 12.5. The molecule has 0 aromatic heterocycles. The summed E-state index contributed by atoms with van der Waals surface area (Å²) in [7, 11) is -6.69. The molecule has 1 aliphatic rings. The predicted molar refractivity (Wildman–Crippen MR) is 96.8 cm³/mol. The fraction of sp³-hybridized carbons (Fsp3) is 0.471. The molecule has 8 heteroatoms. The molecule has 1 aliphatic heterocycles. The second-order valence-corrected chi connectivity index (χ2v) is 10.6. The number of benzene rings is 1. The highest BCUT2D eigenvalue weighted by molar-refractivity contribution is 7.91. The Hall–Kier alpha value is -1.67. The summed E-state index contributed by atoms with van der Waals surface area (Å²) in [6, 6.07) is 6.07. The Bertz CT molecular complexity index is 842. The lowest BCUT2D eigenvalue weighted by molar-refractivity contribution is -0.132. The Labute approximate surface area is 149 Å². The quantitative estimate of drug-likeness (QED) is 0.661. The lowest BCUT2D eigenvalue weighted by Crippen LogP contribution is -2.41. The van der Waals surface area contributed by atoms with Crippen molar-refractivity contribution < 1.29 is 21.6 Å². The molecule has 1 heterocycles. The van der Waals surface area contributed by atoms with Crippen molar-refractivity contribution in [1.29, 1.82) is 0 Å². The van der Waals surface area contributed by atoms with Crippen LogP contribution in [0.5, 0.6) is 0 Å². The second-order valence-electron chi connectivity index (χ2n) is 6.27. The van der Waals surface area contributed by atoms with Crippen molar-refractivity contribution in [1.82, 2.24) is 4.90 Å². The molecule has 138 valence electrons. The molecule has 25 heavy (non-hydrogen) atoms. The first-order chi connectivity index (χ1) is 11.6. The molecule has 1 fully saturated rings. The van der Waals surface area contributed by atoms with Gasteiger partial charge in [-0.25, -0.2) is 16.8 Å². The molecule has 1 unspecified atom stereocenters. The summed E-state index contributed by atoms with van der Waals surface area (Å²) in [6.07, 6.45) is 1.73. The van der Waals surface area contributed by atoms with E-state index in [0.717, 1.165) is 5.56 Å². The third-order valence-electron chi connectivity index (χ3n) is 4.26. The van der Waals surface area contributed by atoms with Crippen molar-refractivity contribution in [2.75, 3.05) is 23.8 Å². The number of carbonyl (C=O) groups excluding carboxylic acids is 1. The van der Waals surface area contributed by atoms with Gasteiger partial charge in [-0.3, -0.25) is 4.79 Å². The topological polar surface area (TPSA) is 88.6 Å². The maximum atomic E-state index is 12.5. The van der Waals surface area contributed by atoms with Crippen molar-refractivity contribution in [3.63, 3.8) is 0 Å². The molecule has 1 atom stereocenters. The van der Waals surface area contributed by atoms with E-state index in [1.165, 1.54) is 23.1 Å². The minimum Gasteiger partial charge on any atom is -0.335 e. The van der Waals surface area contributed by atoms with E-state index in [1.807, 2.05) is 6.92 Å². The normalized spacial score (nSPS) is 19.5. The number of aryl methyl sites for hydroxylation is 1. The SMILES string of the molecule is C=CCN(C(=O)CCS(=O)(=O)c1ccc(C)cc1)C1CCS(=O)(=O)C1. The zero-order valence-corrected chi connectivity index (χ0v) is 15.9. The lowest BCUT2D eigenvalue weighted by Gasteiger charge is -2.27. The van der Waals surface area contributed by atoms with E-state index in [9.17, 15) is 21.6 Å². The van der Waals surface area contributed by atoms with Crippen LogP contribution >= 0.6 is 0 Å². The number of hydrogen-bond acceptors (Lipinski definition) is 5. The van der Waals surface area contributed by atoms with E-state index in [-0.39, 0.29) is 41.0 Å². The van der Waals surface area contributed by atoms with Crippen molar-refractivity contribution >= 4 is 25.6 Å². The molecule has 0 aliphatic carbocycles. The highest BCUT2D eigenvalue weighted by Gasteiger charge is 2.34. The van der Waals surface area contributed by atoms with Gasteiger partial charge in [0.1, 0.15) is 0 Å². The van der Waals surface area contributed by atoms with Crippen LogP contribution in [0.4, 0.5) is 0 Å². The Morgan fingerprint density at radius 3 is 2.48 bits per heavy atom. The summed E-state index contributed by atoms with van der Waals surface area (Å²) >= 11 is 0. The van der Waals surface area contributed by atoms with Crippen molar-refractivity contribution in [3.8, 4) is 0 Å². The smallest absolute Gasteiger partial charge is 0.224 e. The van der Waals surface area contributed by atoms with Crippen LogP contribution in [0.15, 0.2) is 41.8 Å². The van der Waals surface area contributed by atoms with E-state index in [2.05, 4.69) is 6.58 Å². The minimum absolute atomic E-state index is 0.0558. The molecule has 6 nitrogen and oxygen atoms in total. The van der Waals surface area contributed by atoms with E-state index >= 15 is 0 Å². The number of sulfone groups is 2.